The molecule has 1 aliphatic carbocycles. The Balaban J connectivity index is 1.44. The summed E-state index contributed by atoms with van der Waals surface area (Å²) in [5, 5.41) is 1.12. The average molecular weight is 315 g/mol. The number of rotatable bonds is 5. The largest absolute Gasteiger partial charge is 0.383 e. The third kappa shape index (κ3) is 2.70. The average Bonchev–Trinajstić information content (AvgIpc) is 3.25. The summed E-state index contributed by atoms with van der Waals surface area (Å²) in [7, 11) is 3.97. The number of hydrogen-bond acceptors (Lipinski definition) is 5. The van der Waals surface area contributed by atoms with Crippen LogP contribution in [0.1, 0.15) is 12.8 Å². The van der Waals surface area contributed by atoms with Crippen LogP contribution in [0.2, 0.25) is 0 Å². The van der Waals surface area contributed by atoms with Crippen LogP contribution in [0.5, 0.6) is 0 Å². The lowest BCUT2D eigenvalue weighted by atomic mass is 10.0. The van der Waals surface area contributed by atoms with Crippen molar-refractivity contribution in [3.63, 3.8) is 0 Å². The fourth-order valence-corrected chi connectivity index (χ4v) is 4.40. The van der Waals surface area contributed by atoms with E-state index in [0.29, 0.717) is 6.04 Å². The summed E-state index contributed by atoms with van der Waals surface area (Å²) in [5.41, 5.74) is 0.922. The molecular weight excluding hydrogens is 290 g/mol. The highest BCUT2D eigenvalue weighted by atomic mass is 16.5. The molecule has 6 heteroatoms. The summed E-state index contributed by atoms with van der Waals surface area (Å²) in [4.78, 5) is 16.9. The molecule has 0 spiro atoms. The summed E-state index contributed by atoms with van der Waals surface area (Å²) in [5.74, 6) is 2.70. The summed E-state index contributed by atoms with van der Waals surface area (Å²) in [6, 6.07) is 2.66. The van der Waals surface area contributed by atoms with Crippen molar-refractivity contribution in [2.24, 2.45) is 11.8 Å². The van der Waals surface area contributed by atoms with Gasteiger partial charge in [-0.2, -0.15) is 0 Å². The summed E-state index contributed by atoms with van der Waals surface area (Å²) >= 11 is 0. The van der Waals surface area contributed by atoms with Gasteiger partial charge in [-0.05, 0) is 30.7 Å². The topological polar surface area (TPSA) is 57.3 Å². The fourth-order valence-electron chi connectivity index (χ4n) is 4.40. The summed E-state index contributed by atoms with van der Waals surface area (Å²) in [6.07, 6.45) is 6.13. The Morgan fingerprint density at radius 2 is 2.09 bits per heavy atom. The molecule has 6 nitrogen and oxygen atoms in total. The molecule has 0 bridgehead atoms. The summed E-state index contributed by atoms with van der Waals surface area (Å²) < 4.78 is 5.21. The van der Waals surface area contributed by atoms with Crippen molar-refractivity contribution in [2.75, 3.05) is 45.3 Å². The van der Waals surface area contributed by atoms with E-state index < -0.39 is 0 Å². The van der Waals surface area contributed by atoms with E-state index in [1.165, 1.54) is 25.9 Å². The zero-order valence-electron chi connectivity index (χ0n) is 13.9. The molecule has 0 aromatic carbocycles. The summed E-state index contributed by atoms with van der Waals surface area (Å²) in [6.45, 7) is 4.36. The standard InChI is InChI=1S/C17H25N5O/c1-21(17-15-3-4-18-16(15)19-11-20-17)14-7-12-9-22(5-6-23-2)10-13(12)8-14/h3-4,11-14H,5-10H2,1-2H3,(H,18,19,20)/t12-,13+,14?. The normalized spacial score (nSPS) is 27.7. The van der Waals surface area contributed by atoms with Crippen LogP contribution in [0.15, 0.2) is 18.6 Å². The number of aromatic amines is 1. The van der Waals surface area contributed by atoms with Gasteiger partial charge in [-0.1, -0.05) is 0 Å². The molecule has 4 rings (SSSR count). The number of hydrogen-bond donors (Lipinski definition) is 1. The van der Waals surface area contributed by atoms with E-state index in [4.69, 9.17) is 4.74 Å². The van der Waals surface area contributed by atoms with Crippen molar-refractivity contribution in [3.05, 3.63) is 18.6 Å². The molecule has 1 aliphatic heterocycles. The number of H-pyrrole nitrogens is 1. The minimum Gasteiger partial charge on any atom is -0.383 e. The number of fused-ring (bicyclic) bond motifs is 2. The molecule has 124 valence electrons. The molecule has 0 amide bonds. The second-order valence-corrected chi connectivity index (χ2v) is 6.95. The molecule has 2 aromatic heterocycles. The SMILES string of the molecule is COCCN1C[C@H]2CC(N(C)c3ncnc4[nH]ccc34)C[C@H]2C1. The van der Waals surface area contributed by atoms with Gasteiger partial charge in [-0.25, -0.2) is 9.97 Å². The maximum Gasteiger partial charge on any atom is 0.142 e. The number of methoxy groups -OCH3 is 1. The Morgan fingerprint density at radius 3 is 2.83 bits per heavy atom. The Bertz CT molecular complexity index is 658. The highest BCUT2D eigenvalue weighted by Gasteiger charge is 2.42. The monoisotopic (exact) mass is 315 g/mol. The van der Waals surface area contributed by atoms with E-state index in [1.54, 1.807) is 13.4 Å². The Morgan fingerprint density at radius 1 is 1.30 bits per heavy atom. The Kier molecular flexibility index (Phi) is 3.95. The van der Waals surface area contributed by atoms with Crippen LogP contribution in [-0.2, 0) is 4.74 Å². The maximum atomic E-state index is 5.21. The van der Waals surface area contributed by atoms with Crippen molar-refractivity contribution in [1.29, 1.82) is 0 Å². The third-order valence-corrected chi connectivity index (χ3v) is 5.63. The molecule has 1 N–H and O–H groups in total. The van der Waals surface area contributed by atoms with Gasteiger partial charge in [0, 0.05) is 46.0 Å². The number of aromatic nitrogens is 3. The number of nitrogens with zero attached hydrogens (tertiary/aromatic N) is 4. The van der Waals surface area contributed by atoms with Crippen molar-refractivity contribution in [1.82, 2.24) is 19.9 Å². The molecule has 2 fully saturated rings. The van der Waals surface area contributed by atoms with Crippen LogP contribution in [0.25, 0.3) is 11.0 Å². The van der Waals surface area contributed by atoms with Crippen molar-refractivity contribution < 1.29 is 4.74 Å². The van der Waals surface area contributed by atoms with Gasteiger partial charge in [-0.3, -0.25) is 0 Å². The first kappa shape index (κ1) is 14.9. The molecule has 23 heavy (non-hydrogen) atoms. The van der Waals surface area contributed by atoms with Crippen LogP contribution in [0.3, 0.4) is 0 Å². The highest BCUT2D eigenvalue weighted by molar-refractivity contribution is 5.87. The molecule has 2 aliphatic rings. The Labute approximate surface area is 136 Å². The maximum absolute atomic E-state index is 5.21. The van der Waals surface area contributed by atoms with Crippen molar-refractivity contribution >= 4 is 16.9 Å². The van der Waals surface area contributed by atoms with E-state index in [9.17, 15) is 0 Å². The predicted molar refractivity (Wildman–Crippen MR) is 90.6 cm³/mol. The van der Waals surface area contributed by atoms with Crippen molar-refractivity contribution in [3.8, 4) is 0 Å². The van der Waals surface area contributed by atoms with Crippen LogP contribution < -0.4 is 4.90 Å². The number of ether oxygens (including phenoxy) is 1. The van der Waals surface area contributed by atoms with Gasteiger partial charge < -0.3 is 19.5 Å². The lowest BCUT2D eigenvalue weighted by molar-refractivity contribution is 0.156. The van der Waals surface area contributed by atoms with E-state index in [1.807, 2.05) is 6.20 Å². The second-order valence-electron chi connectivity index (χ2n) is 6.95. The van der Waals surface area contributed by atoms with Crippen LogP contribution in [0, 0.1) is 11.8 Å². The lowest BCUT2D eigenvalue weighted by Crippen LogP contribution is -2.33. The van der Waals surface area contributed by atoms with Crippen LogP contribution in [-0.4, -0.2) is 66.3 Å². The van der Waals surface area contributed by atoms with Gasteiger partial charge in [0.25, 0.3) is 0 Å². The number of anilines is 1. The zero-order chi connectivity index (χ0) is 15.8. The first-order chi connectivity index (χ1) is 11.3. The molecule has 0 radical (unpaired) electrons. The number of nitrogens with one attached hydrogen (secondary N) is 1. The van der Waals surface area contributed by atoms with Gasteiger partial charge in [0.15, 0.2) is 0 Å². The van der Waals surface area contributed by atoms with E-state index in [-0.39, 0.29) is 0 Å². The quantitative estimate of drug-likeness (QED) is 0.911. The fraction of sp³-hybridized carbons (Fsp3) is 0.647. The zero-order valence-corrected chi connectivity index (χ0v) is 13.9. The molecule has 3 atom stereocenters. The van der Waals surface area contributed by atoms with E-state index >= 15 is 0 Å². The first-order valence-electron chi connectivity index (χ1n) is 8.48. The predicted octanol–water partition coefficient (Wildman–Crippen LogP) is 1.75. The third-order valence-electron chi connectivity index (χ3n) is 5.63. The van der Waals surface area contributed by atoms with Crippen molar-refractivity contribution in [2.45, 2.75) is 18.9 Å². The van der Waals surface area contributed by atoms with Crippen LogP contribution >= 0.6 is 0 Å². The number of likely N-dealkylation sites (tertiary alicyclic amines) is 1. The molecule has 2 aromatic rings. The van der Waals surface area contributed by atoms with E-state index in [2.05, 4.69) is 37.9 Å². The first-order valence-corrected chi connectivity index (χ1v) is 8.48. The van der Waals surface area contributed by atoms with Gasteiger partial charge >= 0.3 is 0 Å². The smallest absolute Gasteiger partial charge is 0.142 e. The molecule has 1 unspecified atom stereocenters. The Hall–Kier alpha value is -1.66. The molecule has 1 saturated heterocycles. The van der Waals surface area contributed by atoms with Gasteiger partial charge in [0.2, 0.25) is 0 Å². The molecule has 1 saturated carbocycles. The lowest BCUT2D eigenvalue weighted by Gasteiger charge is -2.27. The minimum absolute atomic E-state index is 0.586. The van der Waals surface area contributed by atoms with Crippen LogP contribution in [0.4, 0.5) is 5.82 Å². The molecule has 3 heterocycles. The highest BCUT2D eigenvalue weighted by Crippen LogP contribution is 2.41. The van der Waals surface area contributed by atoms with Gasteiger partial charge in [-0.15, -0.1) is 0 Å². The molecular formula is C17H25N5O. The van der Waals surface area contributed by atoms with E-state index in [0.717, 1.165) is 41.8 Å². The van der Waals surface area contributed by atoms with Gasteiger partial charge in [0.05, 0.1) is 12.0 Å². The second kappa shape index (κ2) is 6.09. The van der Waals surface area contributed by atoms with Gasteiger partial charge in [0.1, 0.15) is 17.8 Å². The minimum atomic E-state index is 0.586.